The van der Waals surface area contributed by atoms with Crippen molar-refractivity contribution >= 4 is 42.7 Å². The van der Waals surface area contributed by atoms with Crippen LogP contribution in [0.3, 0.4) is 0 Å². The lowest BCUT2D eigenvalue weighted by molar-refractivity contribution is -0.152. The first kappa shape index (κ1) is 22.9. The van der Waals surface area contributed by atoms with Crippen LogP contribution in [0.1, 0.15) is 12.8 Å². The second-order valence-electron chi connectivity index (χ2n) is 3.17. The highest BCUT2D eigenvalue weighted by Gasteiger charge is 2.17. The quantitative estimate of drug-likeness (QED) is 0.139. The van der Waals surface area contributed by atoms with Gasteiger partial charge in [0.05, 0.1) is 0 Å². The van der Waals surface area contributed by atoms with Crippen molar-refractivity contribution in [1.82, 2.24) is 10.8 Å². The average Bonchev–Trinajstić information content (AvgIpc) is 2.20. The van der Waals surface area contributed by atoms with E-state index in [0.717, 1.165) is 0 Å². The van der Waals surface area contributed by atoms with E-state index >= 15 is 0 Å². The van der Waals surface area contributed by atoms with Crippen molar-refractivity contribution in [2.45, 2.75) is 18.9 Å². The van der Waals surface area contributed by atoms with E-state index in [9.17, 15) is 9.59 Å². The molecule has 0 amide bonds. The van der Waals surface area contributed by atoms with Gasteiger partial charge in [-0.2, -0.15) is 5.48 Å². The van der Waals surface area contributed by atoms with Crippen LogP contribution in [0.25, 0.3) is 0 Å². The van der Waals surface area contributed by atoms with Gasteiger partial charge in [-0.3, -0.25) is 15.0 Å². The lowest BCUT2D eigenvalue weighted by Gasteiger charge is -2.13. The number of carboxylic acid groups (broad SMARTS) is 2. The van der Waals surface area contributed by atoms with E-state index < -0.39 is 24.6 Å². The molecule has 9 nitrogen and oxygen atoms in total. The maximum absolute atomic E-state index is 10.7. The Labute approximate surface area is 122 Å². The minimum absolute atomic E-state index is 0. The zero-order valence-electron chi connectivity index (χ0n) is 9.92. The molecule has 0 saturated heterocycles. The van der Waals surface area contributed by atoms with Gasteiger partial charge in [0.25, 0.3) is 0 Å². The molecule has 0 aromatic heterocycles. The Morgan fingerprint density at radius 3 is 2.32 bits per heavy atom. The summed E-state index contributed by atoms with van der Waals surface area (Å²) < 4.78 is 0. The van der Waals surface area contributed by atoms with E-state index in [1.54, 1.807) is 0 Å². The molecular formula is C8H18Cl2N4O5. The number of hydroxylamine groups is 1. The molecule has 0 spiro atoms. The molecule has 1 atom stereocenters. The summed E-state index contributed by atoms with van der Waals surface area (Å²) in [5.74, 6) is -2.52. The fourth-order valence-electron chi connectivity index (χ4n) is 0.966. The fraction of sp³-hybridized carbons (Fsp3) is 0.625. The molecule has 0 aliphatic rings. The van der Waals surface area contributed by atoms with Gasteiger partial charge in [0, 0.05) is 6.54 Å². The normalized spacial score (nSPS) is 10.5. The zero-order valence-corrected chi connectivity index (χ0v) is 11.6. The van der Waals surface area contributed by atoms with Gasteiger partial charge in [-0.1, -0.05) is 0 Å². The van der Waals surface area contributed by atoms with Crippen LogP contribution in [0.4, 0.5) is 0 Å². The molecule has 0 rings (SSSR count). The number of nitrogens with two attached hydrogens (primary N) is 1. The van der Waals surface area contributed by atoms with Crippen LogP contribution in [-0.4, -0.2) is 47.3 Å². The molecule has 0 heterocycles. The van der Waals surface area contributed by atoms with Gasteiger partial charge < -0.3 is 21.3 Å². The van der Waals surface area contributed by atoms with Gasteiger partial charge >= 0.3 is 11.9 Å². The Hall–Kier alpha value is -1.29. The highest BCUT2D eigenvalue weighted by Crippen LogP contribution is 1.97. The third-order valence-electron chi connectivity index (χ3n) is 1.70. The smallest absolute Gasteiger partial charge is 0.331 e. The van der Waals surface area contributed by atoms with Crippen molar-refractivity contribution in [3.63, 3.8) is 0 Å². The molecule has 0 saturated carbocycles. The Balaban J connectivity index is -0.00000128. The number of rotatable bonds is 9. The van der Waals surface area contributed by atoms with Gasteiger partial charge in [-0.25, -0.2) is 4.79 Å². The van der Waals surface area contributed by atoms with Gasteiger partial charge in [0.1, 0.15) is 6.04 Å². The summed E-state index contributed by atoms with van der Waals surface area (Å²) in [5.41, 5.74) is 7.18. The van der Waals surface area contributed by atoms with Crippen molar-refractivity contribution in [2.24, 2.45) is 5.73 Å². The van der Waals surface area contributed by atoms with E-state index in [4.69, 9.17) is 21.4 Å². The maximum Gasteiger partial charge on any atom is 0.331 e. The molecule has 0 aromatic rings. The summed E-state index contributed by atoms with van der Waals surface area (Å²) in [7, 11) is 0. The van der Waals surface area contributed by atoms with Crippen LogP contribution < -0.4 is 16.5 Å². The van der Waals surface area contributed by atoms with E-state index in [2.05, 4.69) is 15.6 Å². The zero-order chi connectivity index (χ0) is 13.3. The second kappa shape index (κ2) is 13.1. The third kappa shape index (κ3) is 14.7. The first-order valence-electron chi connectivity index (χ1n) is 4.83. The molecule has 0 aromatic carbocycles. The molecule has 0 aliphatic heterocycles. The highest BCUT2D eigenvalue weighted by molar-refractivity contribution is 5.85. The first-order chi connectivity index (χ1) is 7.93. The summed E-state index contributed by atoms with van der Waals surface area (Å²) in [5, 5.41) is 26.4. The van der Waals surface area contributed by atoms with Crippen LogP contribution >= 0.6 is 24.8 Å². The number of hydrogen-bond acceptors (Lipinski definition) is 5. The van der Waals surface area contributed by atoms with E-state index in [1.807, 2.05) is 0 Å². The standard InChI is InChI=1S/C8H16N4O5.2ClH/c9-8(10)11-3-1-2-5(7(15)16)12-17-4-6(13)14;;/h5,12H,1-4H2,(H,13,14)(H,15,16)(H4,9,10,11);2*1H/t5-;;/m0../s1. The molecule has 0 aliphatic carbocycles. The third-order valence-corrected chi connectivity index (χ3v) is 1.70. The minimum Gasteiger partial charge on any atom is -0.480 e. The lowest BCUT2D eigenvalue weighted by Crippen LogP contribution is -2.39. The molecule has 11 heteroatoms. The molecule has 114 valence electrons. The van der Waals surface area contributed by atoms with Gasteiger partial charge in [-0.05, 0) is 12.8 Å². The first-order valence-corrected chi connectivity index (χ1v) is 4.83. The number of nitrogens with one attached hydrogen (secondary N) is 3. The topological polar surface area (TPSA) is 158 Å². The molecule has 0 radical (unpaired) electrons. The maximum atomic E-state index is 10.7. The number of hydrogen-bond donors (Lipinski definition) is 6. The summed E-state index contributed by atoms with van der Waals surface area (Å²) >= 11 is 0. The van der Waals surface area contributed by atoms with Crippen molar-refractivity contribution in [1.29, 1.82) is 5.41 Å². The number of aliphatic carboxylic acids is 2. The van der Waals surface area contributed by atoms with Crippen LogP contribution in [0.2, 0.25) is 0 Å². The van der Waals surface area contributed by atoms with Crippen LogP contribution in [0.15, 0.2) is 0 Å². The van der Waals surface area contributed by atoms with E-state index in [-0.39, 0.29) is 37.2 Å². The van der Waals surface area contributed by atoms with Crippen LogP contribution in [0, 0.1) is 5.41 Å². The number of guanidine groups is 1. The Morgan fingerprint density at radius 1 is 1.32 bits per heavy atom. The number of carbonyl (C=O) groups is 2. The van der Waals surface area contributed by atoms with Crippen LogP contribution in [0.5, 0.6) is 0 Å². The lowest BCUT2D eigenvalue weighted by atomic mass is 10.2. The summed E-state index contributed by atoms with van der Waals surface area (Å²) in [4.78, 5) is 25.3. The summed E-state index contributed by atoms with van der Waals surface area (Å²) in [6.45, 7) is -0.255. The summed E-state index contributed by atoms with van der Waals surface area (Å²) in [6, 6.07) is -0.997. The largest absolute Gasteiger partial charge is 0.480 e. The predicted octanol–water partition coefficient (Wildman–Crippen LogP) is -0.848. The average molecular weight is 321 g/mol. The highest BCUT2D eigenvalue weighted by atomic mass is 35.5. The Kier molecular flexibility index (Phi) is 15.8. The Morgan fingerprint density at radius 2 is 1.89 bits per heavy atom. The SMILES string of the molecule is Cl.Cl.N=C(N)NCCC[C@H](NOCC(=O)O)C(=O)O. The van der Waals surface area contributed by atoms with Crippen molar-refractivity contribution in [3.8, 4) is 0 Å². The van der Waals surface area contributed by atoms with Gasteiger partial charge in [0.15, 0.2) is 12.6 Å². The number of halogens is 2. The van der Waals surface area contributed by atoms with Gasteiger partial charge in [0.2, 0.25) is 0 Å². The number of carboxylic acids is 2. The molecule has 0 bridgehead atoms. The Bertz CT molecular complexity index is 292. The predicted molar refractivity (Wildman–Crippen MR) is 71.8 cm³/mol. The molecular weight excluding hydrogens is 303 g/mol. The van der Waals surface area contributed by atoms with E-state index in [0.29, 0.717) is 13.0 Å². The van der Waals surface area contributed by atoms with Crippen molar-refractivity contribution in [3.05, 3.63) is 0 Å². The minimum atomic E-state index is -1.19. The molecule has 7 N–H and O–H groups in total. The van der Waals surface area contributed by atoms with Gasteiger partial charge in [-0.15, -0.1) is 24.8 Å². The van der Waals surface area contributed by atoms with Crippen LogP contribution in [-0.2, 0) is 14.4 Å². The van der Waals surface area contributed by atoms with E-state index in [1.165, 1.54) is 0 Å². The second-order valence-corrected chi connectivity index (χ2v) is 3.17. The summed E-state index contributed by atoms with van der Waals surface area (Å²) in [6.07, 6.45) is 0.662. The molecule has 0 fully saturated rings. The fourth-order valence-corrected chi connectivity index (χ4v) is 0.966. The van der Waals surface area contributed by atoms with Crippen molar-refractivity contribution in [2.75, 3.05) is 13.2 Å². The molecule has 19 heavy (non-hydrogen) atoms. The van der Waals surface area contributed by atoms with Crippen molar-refractivity contribution < 1.29 is 24.6 Å². The molecule has 0 unspecified atom stereocenters. The monoisotopic (exact) mass is 320 g/mol.